The zero-order valence-electron chi connectivity index (χ0n) is 37.6. The molecule has 6 heteroatoms. The van der Waals surface area contributed by atoms with Gasteiger partial charge < -0.3 is 14.2 Å². The predicted octanol–water partition coefficient (Wildman–Crippen LogP) is 15.4. The van der Waals surface area contributed by atoms with Gasteiger partial charge in [-0.25, -0.2) is 0 Å². The third-order valence-electron chi connectivity index (χ3n) is 11.3. The molecule has 0 saturated carbocycles. The van der Waals surface area contributed by atoms with E-state index in [1.54, 1.807) is 0 Å². The molecule has 0 amide bonds. The minimum absolute atomic E-state index is 0.0649. The van der Waals surface area contributed by atoms with Crippen molar-refractivity contribution in [1.82, 2.24) is 0 Å². The van der Waals surface area contributed by atoms with Crippen LogP contribution in [0.15, 0.2) is 0 Å². The fourth-order valence-electron chi connectivity index (χ4n) is 7.25. The van der Waals surface area contributed by atoms with Gasteiger partial charge in [-0.3, -0.25) is 14.4 Å². The molecule has 0 N–H and O–H groups in total. The van der Waals surface area contributed by atoms with E-state index in [-0.39, 0.29) is 31.1 Å². The molecule has 0 aromatic carbocycles. The standard InChI is InChI=1S/C49H94O6/c1-6-8-9-10-22-31-36-41-49(52)55-46(43-54-48(51)40-35-30-26-21-17-18-23-27-32-37-44(3)4)42-53-47(50)39-34-29-25-20-16-14-12-11-13-15-19-24-28-33-38-45(5)7-2/h44-46H,6-43H2,1-5H3/t45?,46-/m1/s1. The average Bonchev–Trinajstić information content (AvgIpc) is 3.17. The number of esters is 3. The van der Waals surface area contributed by atoms with Crippen LogP contribution in [-0.2, 0) is 28.6 Å². The molecule has 0 aliphatic heterocycles. The summed E-state index contributed by atoms with van der Waals surface area (Å²) in [4.78, 5) is 37.7. The van der Waals surface area contributed by atoms with E-state index in [0.717, 1.165) is 69.6 Å². The zero-order chi connectivity index (χ0) is 40.5. The molecule has 0 aliphatic carbocycles. The number of unbranched alkanes of at least 4 members (excludes halogenated alkanes) is 27. The van der Waals surface area contributed by atoms with Crippen molar-refractivity contribution >= 4 is 17.9 Å². The van der Waals surface area contributed by atoms with E-state index in [1.165, 1.54) is 154 Å². The van der Waals surface area contributed by atoms with Crippen LogP contribution >= 0.6 is 0 Å². The van der Waals surface area contributed by atoms with Gasteiger partial charge in [0, 0.05) is 19.3 Å². The first-order chi connectivity index (χ1) is 26.8. The first-order valence-electron chi connectivity index (χ1n) is 24.3. The van der Waals surface area contributed by atoms with Crippen LogP contribution in [0.3, 0.4) is 0 Å². The summed E-state index contributed by atoms with van der Waals surface area (Å²) in [6.45, 7) is 11.3. The molecule has 0 fully saturated rings. The van der Waals surface area contributed by atoms with Crippen molar-refractivity contribution < 1.29 is 28.6 Å². The van der Waals surface area contributed by atoms with Crippen LogP contribution in [0.5, 0.6) is 0 Å². The van der Waals surface area contributed by atoms with Crippen molar-refractivity contribution in [1.29, 1.82) is 0 Å². The first kappa shape index (κ1) is 53.4. The fourth-order valence-corrected chi connectivity index (χ4v) is 7.25. The topological polar surface area (TPSA) is 78.9 Å². The molecule has 326 valence electrons. The van der Waals surface area contributed by atoms with Gasteiger partial charge in [-0.05, 0) is 31.1 Å². The van der Waals surface area contributed by atoms with Gasteiger partial charge in [-0.2, -0.15) is 0 Å². The monoisotopic (exact) mass is 779 g/mol. The lowest BCUT2D eigenvalue weighted by atomic mass is 9.99. The Kier molecular flexibility index (Phi) is 40.8. The van der Waals surface area contributed by atoms with Crippen molar-refractivity contribution in [3.63, 3.8) is 0 Å². The van der Waals surface area contributed by atoms with Crippen LogP contribution in [-0.4, -0.2) is 37.2 Å². The van der Waals surface area contributed by atoms with Gasteiger partial charge in [-0.1, -0.05) is 227 Å². The van der Waals surface area contributed by atoms with Gasteiger partial charge in [0.1, 0.15) is 13.2 Å². The number of ether oxygens (including phenoxy) is 3. The number of rotatable bonds is 43. The summed E-state index contributed by atoms with van der Waals surface area (Å²) in [5, 5.41) is 0. The number of carbonyl (C=O) groups excluding carboxylic acids is 3. The van der Waals surface area contributed by atoms with E-state index in [1.807, 2.05) is 0 Å². The molecule has 1 unspecified atom stereocenters. The Labute approximate surface area is 342 Å². The summed E-state index contributed by atoms with van der Waals surface area (Å²) >= 11 is 0. The fraction of sp³-hybridized carbons (Fsp3) is 0.939. The van der Waals surface area contributed by atoms with Crippen molar-refractivity contribution in [3.8, 4) is 0 Å². The Morgan fingerprint density at radius 2 is 0.691 bits per heavy atom. The quantitative estimate of drug-likeness (QED) is 0.0348. The maximum Gasteiger partial charge on any atom is 0.306 e. The SMILES string of the molecule is CCCCCCCCCC(=O)O[C@H](COC(=O)CCCCCCCCCCCCCCCCC(C)CC)COC(=O)CCCCCCCCCCCC(C)C. The molecule has 0 heterocycles. The summed E-state index contributed by atoms with van der Waals surface area (Å²) in [7, 11) is 0. The third kappa shape index (κ3) is 41.9. The lowest BCUT2D eigenvalue weighted by Gasteiger charge is -2.18. The molecule has 6 nitrogen and oxygen atoms in total. The predicted molar refractivity (Wildman–Crippen MR) is 233 cm³/mol. The minimum atomic E-state index is -0.759. The number of carbonyl (C=O) groups is 3. The summed E-state index contributed by atoms with van der Waals surface area (Å²) in [5.74, 6) is 0.844. The van der Waals surface area contributed by atoms with E-state index in [4.69, 9.17) is 14.2 Å². The van der Waals surface area contributed by atoms with Gasteiger partial charge in [0.25, 0.3) is 0 Å². The van der Waals surface area contributed by atoms with Crippen molar-refractivity contribution in [2.45, 2.75) is 272 Å². The summed E-state index contributed by atoms with van der Waals surface area (Å²) in [6.07, 6.45) is 41.0. The lowest BCUT2D eigenvalue weighted by molar-refractivity contribution is -0.167. The van der Waals surface area contributed by atoms with Gasteiger partial charge >= 0.3 is 17.9 Å². The molecule has 55 heavy (non-hydrogen) atoms. The van der Waals surface area contributed by atoms with Gasteiger partial charge in [-0.15, -0.1) is 0 Å². The number of hydrogen-bond donors (Lipinski definition) is 0. The molecule has 0 radical (unpaired) electrons. The van der Waals surface area contributed by atoms with Crippen molar-refractivity contribution in [3.05, 3.63) is 0 Å². The third-order valence-corrected chi connectivity index (χ3v) is 11.3. The Hall–Kier alpha value is -1.59. The largest absolute Gasteiger partial charge is 0.462 e. The highest BCUT2D eigenvalue weighted by Crippen LogP contribution is 2.17. The van der Waals surface area contributed by atoms with E-state index in [2.05, 4.69) is 34.6 Å². The van der Waals surface area contributed by atoms with Gasteiger partial charge in [0.15, 0.2) is 6.10 Å². The van der Waals surface area contributed by atoms with Crippen LogP contribution in [0, 0.1) is 11.8 Å². The van der Waals surface area contributed by atoms with Crippen LogP contribution in [0.4, 0.5) is 0 Å². The highest BCUT2D eigenvalue weighted by molar-refractivity contribution is 5.71. The van der Waals surface area contributed by atoms with Crippen molar-refractivity contribution in [2.24, 2.45) is 11.8 Å². The molecule has 0 bridgehead atoms. The zero-order valence-corrected chi connectivity index (χ0v) is 37.6. The number of hydrogen-bond acceptors (Lipinski definition) is 6. The maximum absolute atomic E-state index is 12.6. The molecule has 0 aliphatic rings. The van der Waals surface area contributed by atoms with Gasteiger partial charge in [0.05, 0.1) is 0 Å². The van der Waals surface area contributed by atoms with Crippen LogP contribution in [0.25, 0.3) is 0 Å². The second-order valence-electron chi connectivity index (χ2n) is 17.5. The second-order valence-corrected chi connectivity index (χ2v) is 17.5. The van der Waals surface area contributed by atoms with Crippen LogP contribution in [0.2, 0.25) is 0 Å². The Bertz CT molecular complexity index is 841. The first-order valence-corrected chi connectivity index (χ1v) is 24.3. The highest BCUT2D eigenvalue weighted by atomic mass is 16.6. The molecule has 0 saturated heterocycles. The molecule has 0 aromatic heterocycles. The van der Waals surface area contributed by atoms with Crippen LogP contribution in [0.1, 0.15) is 266 Å². The Balaban J connectivity index is 4.18. The summed E-state index contributed by atoms with van der Waals surface area (Å²) < 4.78 is 16.7. The summed E-state index contributed by atoms with van der Waals surface area (Å²) in [6, 6.07) is 0. The smallest absolute Gasteiger partial charge is 0.306 e. The van der Waals surface area contributed by atoms with Crippen molar-refractivity contribution in [2.75, 3.05) is 13.2 Å². The highest BCUT2D eigenvalue weighted by Gasteiger charge is 2.19. The Morgan fingerprint density at radius 3 is 1.04 bits per heavy atom. The maximum atomic E-state index is 12.6. The lowest BCUT2D eigenvalue weighted by Crippen LogP contribution is -2.30. The minimum Gasteiger partial charge on any atom is -0.462 e. The van der Waals surface area contributed by atoms with E-state index >= 15 is 0 Å². The molecule has 0 spiro atoms. The Morgan fingerprint density at radius 1 is 0.382 bits per heavy atom. The van der Waals surface area contributed by atoms with Gasteiger partial charge in [0.2, 0.25) is 0 Å². The second kappa shape index (κ2) is 42.0. The molecular formula is C49H94O6. The molecular weight excluding hydrogens is 685 g/mol. The summed E-state index contributed by atoms with van der Waals surface area (Å²) in [5.41, 5.74) is 0. The normalized spacial score (nSPS) is 12.5. The van der Waals surface area contributed by atoms with E-state index < -0.39 is 6.10 Å². The molecule has 0 aromatic rings. The average molecular weight is 779 g/mol. The van der Waals surface area contributed by atoms with E-state index in [0.29, 0.717) is 19.3 Å². The molecule has 2 atom stereocenters. The molecule has 0 rings (SSSR count). The van der Waals surface area contributed by atoms with E-state index in [9.17, 15) is 14.4 Å². The van der Waals surface area contributed by atoms with Crippen LogP contribution < -0.4 is 0 Å².